The van der Waals surface area contributed by atoms with Crippen molar-refractivity contribution in [2.75, 3.05) is 32.8 Å². The molecule has 35 heavy (non-hydrogen) atoms. The van der Waals surface area contributed by atoms with Crippen molar-refractivity contribution >= 4 is 21.4 Å². The summed E-state index contributed by atoms with van der Waals surface area (Å²) in [6.07, 6.45) is 0. The van der Waals surface area contributed by atoms with E-state index in [9.17, 15) is 8.42 Å². The van der Waals surface area contributed by atoms with Gasteiger partial charge in [-0.2, -0.15) is 4.98 Å². The van der Waals surface area contributed by atoms with Crippen LogP contribution < -0.4 is 24.3 Å². The van der Waals surface area contributed by atoms with Crippen LogP contribution in [0, 0.1) is 0 Å². The van der Waals surface area contributed by atoms with Gasteiger partial charge in [-0.1, -0.05) is 12.1 Å². The Hall–Kier alpha value is -4.18. The molecule has 0 spiro atoms. The molecule has 1 aliphatic heterocycles. The summed E-state index contributed by atoms with van der Waals surface area (Å²) in [7, 11) is -1.03. The first-order valence-corrected chi connectivity index (χ1v) is 12.2. The van der Waals surface area contributed by atoms with Gasteiger partial charge >= 0.3 is 0 Å². The Kier molecular flexibility index (Phi) is 5.96. The topological polar surface area (TPSA) is 109 Å². The van der Waals surface area contributed by atoms with Gasteiger partial charge in [-0.05, 0) is 48.5 Å². The Balaban J connectivity index is 1.62. The third-order valence-corrected chi connectivity index (χ3v) is 7.02. The molecular weight excluding hydrogens is 472 g/mol. The van der Waals surface area contributed by atoms with Gasteiger partial charge in [0.1, 0.15) is 24.7 Å². The highest BCUT2D eigenvalue weighted by atomic mass is 32.2. The maximum Gasteiger partial charge on any atom is 0.238 e. The van der Waals surface area contributed by atoms with Crippen molar-refractivity contribution in [3.05, 3.63) is 66.7 Å². The van der Waals surface area contributed by atoms with Crippen molar-refractivity contribution in [1.29, 1.82) is 0 Å². The van der Waals surface area contributed by atoms with Gasteiger partial charge in [0.15, 0.2) is 11.5 Å². The highest BCUT2D eigenvalue weighted by Crippen LogP contribution is 2.39. The third-order valence-electron chi connectivity index (χ3n) is 5.36. The molecule has 0 unspecified atom stereocenters. The number of nitrogens with one attached hydrogen (secondary N) is 1. The van der Waals surface area contributed by atoms with Crippen LogP contribution in [0.2, 0.25) is 0 Å². The van der Waals surface area contributed by atoms with Gasteiger partial charge in [0.25, 0.3) is 0 Å². The second-order valence-electron chi connectivity index (χ2n) is 7.52. The molecule has 3 aromatic carbocycles. The van der Waals surface area contributed by atoms with E-state index in [-0.39, 0.29) is 21.7 Å². The van der Waals surface area contributed by atoms with E-state index in [1.807, 2.05) is 0 Å². The molecule has 0 fully saturated rings. The van der Waals surface area contributed by atoms with E-state index in [1.54, 1.807) is 61.7 Å². The average molecular weight is 495 g/mol. The van der Waals surface area contributed by atoms with Gasteiger partial charge in [-0.25, -0.2) is 8.42 Å². The summed E-state index contributed by atoms with van der Waals surface area (Å²) in [6.45, 7) is 0.739. The minimum Gasteiger partial charge on any atom is -0.497 e. The number of fused-ring (bicyclic) bond motifs is 1. The first kappa shape index (κ1) is 22.6. The number of hydrogen-bond donors (Lipinski definition) is 1. The average Bonchev–Trinajstić information content (AvgIpc) is 3.33. The van der Waals surface area contributed by atoms with E-state index in [2.05, 4.69) is 10.3 Å². The second kappa shape index (κ2) is 9.22. The summed E-state index contributed by atoms with van der Waals surface area (Å²) in [5.41, 5.74) is 1.10. The van der Waals surface area contributed by atoms with Crippen LogP contribution in [0.25, 0.3) is 11.5 Å². The van der Waals surface area contributed by atoms with Crippen molar-refractivity contribution in [2.24, 2.45) is 0 Å². The molecule has 0 atom stereocenters. The lowest BCUT2D eigenvalue weighted by Gasteiger charge is -2.18. The van der Waals surface area contributed by atoms with Crippen molar-refractivity contribution < 1.29 is 31.8 Å². The number of methoxy groups -OCH3 is 2. The molecule has 180 valence electrons. The largest absolute Gasteiger partial charge is 0.497 e. The molecule has 1 N–H and O–H groups in total. The Bertz CT molecular complexity index is 1460. The second-order valence-corrected chi connectivity index (χ2v) is 9.38. The van der Waals surface area contributed by atoms with Crippen LogP contribution in [0.4, 0.5) is 11.6 Å². The van der Waals surface area contributed by atoms with Crippen LogP contribution in [0.15, 0.2) is 81.1 Å². The van der Waals surface area contributed by atoms with Gasteiger partial charge in [-0.3, -0.25) is 0 Å². The molecular formula is C25H22N2O7S. The number of hydrogen-bond acceptors (Lipinski definition) is 9. The molecule has 2 heterocycles. The third kappa shape index (κ3) is 4.35. The quantitative estimate of drug-likeness (QED) is 0.391. The standard InChI is InChI=1S/C25H22N2O7S/c1-30-17-9-7-16(8-10-17)26-24-25(27-23(34-24)19-5-3-4-6-20(19)31-2)35(28,29)18-11-12-21-22(15-18)33-14-13-32-21/h3-12,15,26H,13-14H2,1-2H3. The number of rotatable bonds is 7. The number of oxazole rings is 1. The van der Waals surface area contributed by atoms with Crippen molar-refractivity contribution in [1.82, 2.24) is 4.98 Å². The zero-order valence-corrected chi connectivity index (χ0v) is 19.8. The highest BCUT2D eigenvalue weighted by molar-refractivity contribution is 7.91. The van der Waals surface area contributed by atoms with E-state index in [0.29, 0.717) is 47.5 Å². The van der Waals surface area contributed by atoms with Crippen LogP contribution in [0.1, 0.15) is 0 Å². The minimum atomic E-state index is -4.11. The summed E-state index contributed by atoms with van der Waals surface area (Å²) < 4.78 is 55.1. The smallest absolute Gasteiger partial charge is 0.238 e. The van der Waals surface area contributed by atoms with Crippen LogP contribution in [0.5, 0.6) is 23.0 Å². The van der Waals surface area contributed by atoms with Gasteiger partial charge in [-0.15, -0.1) is 0 Å². The lowest BCUT2D eigenvalue weighted by molar-refractivity contribution is 0.171. The molecule has 1 aromatic heterocycles. The molecule has 5 rings (SSSR count). The number of sulfone groups is 1. The van der Waals surface area contributed by atoms with Crippen molar-refractivity contribution in [3.63, 3.8) is 0 Å². The van der Waals surface area contributed by atoms with Crippen LogP contribution in [-0.4, -0.2) is 40.8 Å². The van der Waals surface area contributed by atoms with E-state index in [4.69, 9.17) is 23.4 Å². The number of anilines is 2. The first-order valence-electron chi connectivity index (χ1n) is 10.7. The summed E-state index contributed by atoms with van der Waals surface area (Å²) in [4.78, 5) is 4.38. The Labute approximate surface area is 202 Å². The minimum absolute atomic E-state index is 0.000549. The molecule has 10 heteroatoms. The summed E-state index contributed by atoms with van der Waals surface area (Å²) in [6, 6.07) is 18.5. The van der Waals surface area contributed by atoms with Gasteiger partial charge < -0.3 is 28.7 Å². The maximum atomic E-state index is 13.7. The summed E-state index contributed by atoms with van der Waals surface area (Å²) in [5.74, 6) is 2.05. The predicted octanol–water partition coefficient (Wildman–Crippen LogP) is 4.71. The fraction of sp³-hybridized carbons (Fsp3) is 0.160. The zero-order valence-electron chi connectivity index (χ0n) is 19.0. The van der Waals surface area contributed by atoms with Gasteiger partial charge in [0, 0.05) is 11.8 Å². The normalized spacial score (nSPS) is 12.7. The van der Waals surface area contributed by atoms with Crippen molar-refractivity contribution in [3.8, 4) is 34.5 Å². The van der Waals surface area contributed by atoms with E-state index < -0.39 is 9.84 Å². The summed E-state index contributed by atoms with van der Waals surface area (Å²) in [5, 5.41) is 2.76. The zero-order chi connectivity index (χ0) is 24.4. The molecule has 9 nitrogen and oxygen atoms in total. The molecule has 0 saturated carbocycles. The molecule has 4 aromatic rings. The van der Waals surface area contributed by atoms with Crippen molar-refractivity contribution in [2.45, 2.75) is 9.92 Å². The Morgan fingerprint density at radius 2 is 1.63 bits per heavy atom. The summed E-state index contributed by atoms with van der Waals surface area (Å²) >= 11 is 0. The molecule has 0 saturated heterocycles. The fourth-order valence-corrected chi connectivity index (χ4v) is 4.88. The van der Waals surface area contributed by atoms with E-state index in [0.717, 1.165) is 0 Å². The molecule has 0 bridgehead atoms. The highest BCUT2D eigenvalue weighted by Gasteiger charge is 2.31. The number of nitrogens with zero attached hydrogens (tertiary/aromatic N) is 1. The SMILES string of the molecule is COc1ccc(Nc2oc(-c3ccccc3OC)nc2S(=O)(=O)c2ccc3c(c2)OCCO3)cc1. The van der Waals surface area contributed by atoms with Crippen LogP contribution >= 0.6 is 0 Å². The van der Waals surface area contributed by atoms with E-state index >= 15 is 0 Å². The lowest BCUT2D eigenvalue weighted by Crippen LogP contribution is -2.16. The van der Waals surface area contributed by atoms with E-state index in [1.165, 1.54) is 19.2 Å². The number of benzene rings is 3. The Morgan fingerprint density at radius 1 is 0.886 bits per heavy atom. The lowest BCUT2D eigenvalue weighted by atomic mass is 10.2. The van der Waals surface area contributed by atoms with Crippen LogP contribution in [0.3, 0.4) is 0 Å². The molecule has 0 aliphatic carbocycles. The molecule has 1 aliphatic rings. The molecule has 0 amide bonds. The molecule has 0 radical (unpaired) electrons. The van der Waals surface area contributed by atoms with Gasteiger partial charge in [0.05, 0.1) is 24.7 Å². The number of para-hydroxylation sites is 1. The van der Waals surface area contributed by atoms with Gasteiger partial charge in [0.2, 0.25) is 26.6 Å². The first-order chi connectivity index (χ1) is 17.0. The Morgan fingerprint density at radius 3 is 2.37 bits per heavy atom. The fourth-order valence-electron chi connectivity index (χ4n) is 3.61. The number of ether oxygens (including phenoxy) is 4. The predicted molar refractivity (Wildman–Crippen MR) is 128 cm³/mol. The van der Waals surface area contributed by atoms with Crippen LogP contribution in [-0.2, 0) is 9.84 Å². The maximum absolute atomic E-state index is 13.7. The number of aromatic nitrogens is 1. The monoisotopic (exact) mass is 494 g/mol.